The molecule has 0 bridgehead atoms. The normalized spacial score (nSPS) is 10.9. The van der Waals surface area contributed by atoms with Crippen molar-refractivity contribution in [3.05, 3.63) is 29.6 Å². The Labute approximate surface area is 95.7 Å². The van der Waals surface area contributed by atoms with Crippen molar-refractivity contribution in [2.45, 2.75) is 6.92 Å². The standard InChI is InChI=1S/C8H7ClFNO4S/c1-5-3-2-4-6(7(5)10)15-8(12)11-16(9,13)14/h2-4H,1H3,(H,11,12). The second kappa shape index (κ2) is 4.67. The van der Waals surface area contributed by atoms with Crippen LogP contribution in [0.25, 0.3) is 0 Å². The van der Waals surface area contributed by atoms with Crippen molar-refractivity contribution in [1.29, 1.82) is 0 Å². The lowest BCUT2D eigenvalue weighted by atomic mass is 10.2. The number of aryl methyl sites for hydroxylation is 1. The van der Waals surface area contributed by atoms with Crippen LogP contribution in [0.2, 0.25) is 0 Å². The van der Waals surface area contributed by atoms with Gasteiger partial charge < -0.3 is 4.74 Å². The van der Waals surface area contributed by atoms with Crippen LogP contribution in [0.5, 0.6) is 5.75 Å². The Morgan fingerprint density at radius 1 is 1.50 bits per heavy atom. The fourth-order valence-electron chi connectivity index (χ4n) is 0.920. The highest BCUT2D eigenvalue weighted by molar-refractivity contribution is 8.12. The number of carbonyl (C=O) groups excluding carboxylic acids is 1. The molecule has 1 rings (SSSR count). The summed E-state index contributed by atoms with van der Waals surface area (Å²) in [7, 11) is 0.491. The highest BCUT2D eigenvalue weighted by atomic mass is 35.7. The van der Waals surface area contributed by atoms with Crippen LogP contribution in [-0.4, -0.2) is 14.5 Å². The lowest BCUT2D eigenvalue weighted by Crippen LogP contribution is -2.29. The smallest absolute Gasteiger partial charge is 0.406 e. The third-order valence-corrected chi connectivity index (χ3v) is 2.21. The van der Waals surface area contributed by atoms with Gasteiger partial charge in [-0.25, -0.2) is 13.9 Å². The molecule has 1 amide bonds. The van der Waals surface area contributed by atoms with Crippen LogP contribution in [0.15, 0.2) is 18.2 Å². The molecule has 8 heteroatoms. The summed E-state index contributed by atoms with van der Waals surface area (Å²) < 4.78 is 39.9. The molecule has 5 nitrogen and oxygen atoms in total. The number of ether oxygens (including phenoxy) is 1. The third kappa shape index (κ3) is 3.67. The molecule has 0 fully saturated rings. The third-order valence-electron chi connectivity index (χ3n) is 1.56. The highest BCUT2D eigenvalue weighted by Crippen LogP contribution is 2.19. The lowest BCUT2D eigenvalue weighted by Gasteiger charge is -2.06. The molecule has 0 aliphatic carbocycles. The summed E-state index contributed by atoms with van der Waals surface area (Å²) >= 11 is 0. The lowest BCUT2D eigenvalue weighted by molar-refractivity contribution is 0.205. The van der Waals surface area contributed by atoms with Crippen LogP contribution >= 0.6 is 10.7 Å². The molecular formula is C8H7ClFNO4S. The first-order valence-electron chi connectivity index (χ1n) is 3.99. The number of hydrogen-bond donors (Lipinski definition) is 1. The van der Waals surface area contributed by atoms with E-state index in [1.165, 1.54) is 29.8 Å². The van der Waals surface area contributed by atoms with Crippen LogP contribution in [0, 0.1) is 12.7 Å². The van der Waals surface area contributed by atoms with E-state index < -0.39 is 21.1 Å². The average Bonchev–Trinajstić information content (AvgIpc) is 2.09. The monoisotopic (exact) mass is 267 g/mol. The fraction of sp³-hybridized carbons (Fsp3) is 0.125. The molecule has 0 atom stereocenters. The topological polar surface area (TPSA) is 72.5 Å². The minimum atomic E-state index is -4.24. The van der Waals surface area contributed by atoms with E-state index in [1.807, 2.05) is 0 Å². The van der Waals surface area contributed by atoms with Crippen molar-refractivity contribution in [2.24, 2.45) is 0 Å². The summed E-state index contributed by atoms with van der Waals surface area (Å²) in [5.74, 6) is -1.12. The van der Waals surface area contributed by atoms with Gasteiger partial charge in [-0.05, 0) is 18.6 Å². The molecule has 0 spiro atoms. The first-order valence-corrected chi connectivity index (χ1v) is 6.30. The number of benzene rings is 1. The predicted octanol–water partition coefficient (Wildman–Crippen LogP) is 1.71. The first kappa shape index (κ1) is 12.7. The SMILES string of the molecule is Cc1cccc(OC(=O)NS(=O)(=O)Cl)c1F. The molecular weight excluding hydrogens is 261 g/mol. The van der Waals surface area contributed by atoms with Crippen molar-refractivity contribution >= 4 is 26.0 Å². The fourth-order valence-corrected chi connectivity index (χ4v) is 1.35. The molecule has 0 aliphatic heterocycles. The van der Waals surface area contributed by atoms with Gasteiger partial charge in [0.25, 0.3) is 0 Å². The molecule has 0 saturated heterocycles. The van der Waals surface area contributed by atoms with Gasteiger partial charge in [0.05, 0.1) is 0 Å². The number of hydrogen-bond acceptors (Lipinski definition) is 4. The van der Waals surface area contributed by atoms with Gasteiger partial charge in [0.15, 0.2) is 11.6 Å². The molecule has 1 aromatic rings. The molecule has 0 saturated carbocycles. The molecule has 0 radical (unpaired) electrons. The van der Waals surface area contributed by atoms with Gasteiger partial charge in [-0.15, -0.1) is 0 Å². The Morgan fingerprint density at radius 2 is 2.12 bits per heavy atom. The summed E-state index contributed by atoms with van der Waals surface area (Å²) in [6.07, 6.45) is -1.38. The summed E-state index contributed by atoms with van der Waals surface area (Å²) in [5, 5.41) is 0. The summed E-state index contributed by atoms with van der Waals surface area (Å²) in [5.41, 5.74) is 0.263. The molecule has 0 unspecified atom stereocenters. The minimum Gasteiger partial charge on any atom is -0.406 e. The number of rotatable bonds is 2. The number of nitrogens with one attached hydrogen (secondary N) is 1. The van der Waals surface area contributed by atoms with Gasteiger partial charge in [-0.3, -0.25) is 0 Å². The van der Waals surface area contributed by atoms with Gasteiger partial charge in [0.2, 0.25) is 0 Å². The van der Waals surface area contributed by atoms with Crippen molar-refractivity contribution in [3.8, 4) is 5.75 Å². The maximum Gasteiger partial charge on any atom is 0.427 e. The zero-order chi connectivity index (χ0) is 12.3. The largest absolute Gasteiger partial charge is 0.427 e. The zero-order valence-electron chi connectivity index (χ0n) is 8.03. The molecule has 88 valence electrons. The molecule has 0 aromatic heterocycles. The van der Waals surface area contributed by atoms with E-state index in [4.69, 9.17) is 10.7 Å². The zero-order valence-corrected chi connectivity index (χ0v) is 9.60. The van der Waals surface area contributed by atoms with E-state index in [1.54, 1.807) is 0 Å². The maximum absolute atomic E-state index is 13.3. The maximum atomic E-state index is 13.3. The Hall–Kier alpha value is -1.34. The van der Waals surface area contributed by atoms with Crippen molar-refractivity contribution in [1.82, 2.24) is 4.72 Å². The molecule has 1 N–H and O–H groups in total. The summed E-state index contributed by atoms with van der Waals surface area (Å²) in [4.78, 5) is 10.9. The van der Waals surface area contributed by atoms with Crippen molar-refractivity contribution in [2.75, 3.05) is 0 Å². The molecule has 0 aliphatic rings. The van der Waals surface area contributed by atoms with E-state index in [2.05, 4.69) is 4.74 Å². The van der Waals surface area contributed by atoms with Crippen LogP contribution < -0.4 is 9.46 Å². The van der Waals surface area contributed by atoms with E-state index in [-0.39, 0.29) is 11.3 Å². The van der Waals surface area contributed by atoms with Crippen molar-refractivity contribution < 1.29 is 22.3 Å². The van der Waals surface area contributed by atoms with E-state index >= 15 is 0 Å². The second-order valence-corrected chi connectivity index (χ2v) is 5.12. The Bertz CT molecular complexity index is 517. The van der Waals surface area contributed by atoms with E-state index in [0.717, 1.165) is 0 Å². The van der Waals surface area contributed by atoms with Gasteiger partial charge in [0.1, 0.15) is 0 Å². The number of halogens is 2. The van der Waals surface area contributed by atoms with Gasteiger partial charge in [-0.2, -0.15) is 8.42 Å². The number of carbonyl (C=O) groups is 1. The Morgan fingerprint density at radius 3 is 2.69 bits per heavy atom. The van der Waals surface area contributed by atoms with Gasteiger partial charge in [-0.1, -0.05) is 12.1 Å². The quantitative estimate of drug-likeness (QED) is 0.828. The van der Waals surface area contributed by atoms with Crippen LogP contribution in [-0.2, 0) is 9.24 Å². The molecule has 0 heterocycles. The second-order valence-electron chi connectivity index (χ2n) is 2.82. The first-order chi connectivity index (χ1) is 7.29. The van der Waals surface area contributed by atoms with Crippen LogP contribution in [0.4, 0.5) is 9.18 Å². The van der Waals surface area contributed by atoms with E-state index in [0.29, 0.717) is 0 Å². The number of amides is 1. The molecule has 1 aromatic carbocycles. The predicted molar refractivity (Wildman–Crippen MR) is 55.1 cm³/mol. The molecule has 16 heavy (non-hydrogen) atoms. The average molecular weight is 268 g/mol. The highest BCUT2D eigenvalue weighted by Gasteiger charge is 2.15. The van der Waals surface area contributed by atoms with Gasteiger partial charge >= 0.3 is 15.3 Å². The van der Waals surface area contributed by atoms with Crippen molar-refractivity contribution in [3.63, 3.8) is 0 Å². The van der Waals surface area contributed by atoms with Crippen LogP contribution in [0.1, 0.15) is 5.56 Å². The Kier molecular flexibility index (Phi) is 3.71. The van der Waals surface area contributed by atoms with Crippen LogP contribution in [0.3, 0.4) is 0 Å². The Balaban J connectivity index is 2.82. The minimum absolute atomic E-state index is 0.263. The van der Waals surface area contributed by atoms with E-state index in [9.17, 15) is 17.6 Å². The summed E-state index contributed by atoms with van der Waals surface area (Å²) in [6, 6.07) is 4.11. The van der Waals surface area contributed by atoms with Gasteiger partial charge in [0, 0.05) is 10.7 Å². The summed E-state index contributed by atoms with van der Waals surface area (Å²) in [6.45, 7) is 1.47.